The van der Waals surface area contributed by atoms with Gasteiger partial charge in [0.2, 0.25) is 0 Å². The van der Waals surface area contributed by atoms with E-state index in [1.54, 1.807) is 20.4 Å². The van der Waals surface area contributed by atoms with Crippen molar-refractivity contribution < 1.29 is 9.47 Å². The summed E-state index contributed by atoms with van der Waals surface area (Å²) < 4.78 is 10.9. The Kier molecular flexibility index (Phi) is 5.22. The molecule has 0 aliphatic rings. The molecule has 0 unspecified atom stereocenters. The van der Waals surface area contributed by atoms with E-state index >= 15 is 0 Å². The van der Waals surface area contributed by atoms with Gasteiger partial charge in [-0.1, -0.05) is 0 Å². The molecule has 0 aliphatic heterocycles. The van der Waals surface area contributed by atoms with Gasteiger partial charge < -0.3 is 20.5 Å². The summed E-state index contributed by atoms with van der Waals surface area (Å²) in [6.45, 7) is 2.87. The summed E-state index contributed by atoms with van der Waals surface area (Å²) in [5, 5.41) is 4.35. The Morgan fingerprint density at radius 1 is 1.33 bits per heavy atom. The first-order valence-electron chi connectivity index (χ1n) is 7.16. The van der Waals surface area contributed by atoms with Crippen LogP contribution in [0.1, 0.15) is 19.8 Å². The number of anilines is 1. The summed E-state index contributed by atoms with van der Waals surface area (Å²) in [7, 11) is 3.28. The fourth-order valence-electron chi connectivity index (χ4n) is 2.34. The van der Waals surface area contributed by atoms with Crippen molar-refractivity contribution in [3.8, 4) is 11.5 Å². The van der Waals surface area contributed by atoms with E-state index in [9.17, 15) is 0 Å². The quantitative estimate of drug-likeness (QED) is 0.767. The van der Waals surface area contributed by atoms with E-state index in [1.165, 1.54) is 0 Å². The largest absolute Gasteiger partial charge is 0.493 e. The molecule has 0 aliphatic carbocycles. The maximum atomic E-state index is 5.77. The molecule has 0 saturated carbocycles. The second kappa shape index (κ2) is 7.13. The zero-order chi connectivity index (χ0) is 15.2. The maximum Gasteiger partial charge on any atom is 0.170 e. The Labute approximate surface area is 125 Å². The molecular weight excluding hydrogens is 266 g/mol. The molecular formula is C16H23N3O2. The van der Waals surface area contributed by atoms with Crippen LogP contribution >= 0.6 is 0 Å². The van der Waals surface area contributed by atoms with Crippen molar-refractivity contribution in [2.45, 2.75) is 25.8 Å². The molecule has 21 heavy (non-hydrogen) atoms. The summed E-state index contributed by atoms with van der Waals surface area (Å²) in [6, 6.07) is 6.04. The molecule has 5 nitrogen and oxygen atoms in total. The average molecular weight is 289 g/mol. The van der Waals surface area contributed by atoms with Gasteiger partial charge in [-0.25, -0.2) is 0 Å². The van der Waals surface area contributed by atoms with Crippen LogP contribution in [0.25, 0.3) is 10.9 Å². The van der Waals surface area contributed by atoms with Crippen LogP contribution in [-0.2, 0) is 0 Å². The van der Waals surface area contributed by atoms with Crippen molar-refractivity contribution in [3.05, 3.63) is 24.4 Å². The minimum Gasteiger partial charge on any atom is -0.493 e. The van der Waals surface area contributed by atoms with Crippen LogP contribution in [0.3, 0.4) is 0 Å². The molecule has 3 N–H and O–H groups in total. The number of rotatable bonds is 7. The van der Waals surface area contributed by atoms with Gasteiger partial charge in [-0.05, 0) is 31.9 Å². The molecule has 0 spiro atoms. The van der Waals surface area contributed by atoms with Crippen molar-refractivity contribution in [1.82, 2.24) is 4.98 Å². The third-order valence-corrected chi connectivity index (χ3v) is 3.38. The molecule has 1 heterocycles. The predicted octanol–water partition coefficient (Wildman–Crippen LogP) is 2.79. The number of ether oxygens (including phenoxy) is 2. The number of nitrogens with one attached hydrogen (secondary N) is 1. The van der Waals surface area contributed by atoms with Crippen LogP contribution < -0.4 is 20.5 Å². The van der Waals surface area contributed by atoms with Crippen molar-refractivity contribution >= 4 is 16.6 Å². The predicted molar refractivity (Wildman–Crippen MR) is 86.2 cm³/mol. The summed E-state index contributed by atoms with van der Waals surface area (Å²) in [6.07, 6.45) is 3.79. The summed E-state index contributed by atoms with van der Waals surface area (Å²) in [5.41, 5.74) is 7.61. The van der Waals surface area contributed by atoms with Crippen LogP contribution in [-0.4, -0.2) is 31.8 Å². The van der Waals surface area contributed by atoms with Crippen molar-refractivity contribution in [3.63, 3.8) is 0 Å². The highest BCUT2D eigenvalue weighted by Crippen LogP contribution is 2.39. The highest BCUT2D eigenvalue weighted by atomic mass is 16.5. The topological polar surface area (TPSA) is 69.4 Å². The number of pyridine rings is 1. The molecule has 0 fully saturated rings. The van der Waals surface area contributed by atoms with Gasteiger partial charge in [0.15, 0.2) is 11.5 Å². The lowest BCUT2D eigenvalue weighted by Crippen LogP contribution is -2.16. The van der Waals surface area contributed by atoms with Gasteiger partial charge in [-0.3, -0.25) is 4.98 Å². The zero-order valence-electron chi connectivity index (χ0n) is 12.8. The number of fused-ring (bicyclic) bond motifs is 1. The number of methoxy groups -OCH3 is 2. The minimum atomic E-state index is 0.229. The Balaban J connectivity index is 2.30. The van der Waals surface area contributed by atoms with Crippen molar-refractivity contribution in [2.24, 2.45) is 5.73 Å². The Morgan fingerprint density at radius 2 is 2.14 bits per heavy atom. The zero-order valence-corrected chi connectivity index (χ0v) is 12.8. The molecule has 2 rings (SSSR count). The molecule has 0 saturated heterocycles. The van der Waals surface area contributed by atoms with Crippen molar-refractivity contribution in [2.75, 3.05) is 26.1 Å². The first-order valence-corrected chi connectivity index (χ1v) is 7.16. The lowest BCUT2D eigenvalue weighted by Gasteiger charge is -2.15. The van der Waals surface area contributed by atoms with E-state index in [-0.39, 0.29) is 6.04 Å². The second-order valence-electron chi connectivity index (χ2n) is 5.11. The third-order valence-electron chi connectivity index (χ3n) is 3.38. The van der Waals surface area contributed by atoms with Gasteiger partial charge >= 0.3 is 0 Å². The van der Waals surface area contributed by atoms with Crippen LogP contribution in [0, 0.1) is 0 Å². The van der Waals surface area contributed by atoms with Gasteiger partial charge in [0, 0.05) is 30.2 Å². The monoisotopic (exact) mass is 289 g/mol. The fourth-order valence-corrected chi connectivity index (χ4v) is 2.34. The first kappa shape index (κ1) is 15.4. The van der Waals surface area contributed by atoms with E-state index in [4.69, 9.17) is 15.2 Å². The number of aromatic nitrogens is 1. The second-order valence-corrected chi connectivity index (χ2v) is 5.11. The summed E-state index contributed by atoms with van der Waals surface area (Å²) in [5.74, 6) is 1.41. The third kappa shape index (κ3) is 3.55. The highest BCUT2D eigenvalue weighted by molar-refractivity contribution is 5.97. The van der Waals surface area contributed by atoms with Crippen molar-refractivity contribution in [1.29, 1.82) is 0 Å². The lowest BCUT2D eigenvalue weighted by molar-refractivity contribution is 0.358. The smallest absolute Gasteiger partial charge is 0.170 e. The molecule has 0 amide bonds. The maximum absolute atomic E-state index is 5.77. The lowest BCUT2D eigenvalue weighted by atomic mass is 10.1. The molecule has 0 bridgehead atoms. The molecule has 5 heteroatoms. The molecule has 2 aromatic rings. The molecule has 1 atom stereocenters. The van der Waals surface area contributed by atoms with Crippen LogP contribution in [0.4, 0.5) is 5.69 Å². The number of nitrogens with two attached hydrogens (primary N) is 1. The van der Waals surface area contributed by atoms with E-state index in [2.05, 4.69) is 10.3 Å². The van der Waals surface area contributed by atoms with Gasteiger partial charge in [0.25, 0.3) is 0 Å². The first-order chi connectivity index (χ1) is 10.2. The highest BCUT2D eigenvalue weighted by Gasteiger charge is 2.13. The van der Waals surface area contributed by atoms with E-state index in [1.807, 2.05) is 25.1 Å². The number of hydrogen-bond donors (Lipinski definition) is 2. The Hall–Kier alpha value is -2.01. The average Bonchev–Trinajstić information content (AvgIpc) is 2.50. The summed E-state index contributed by atoms with van der Waals surface area (Å²) in [4.78, 5) is 4.46. The van der Waals surface area contributed by atoms with E-state index in [0.29, 0.717) is 11.5 Å². The van der Waals surface area contributed by atoms with Crippen LogP contribution in [0.15, 0.2) is 24.4 Å². The van der Waals surface area contributed by atoms with Gasteiger partial charge in [0.1, 0.15) is 0 Å². The minimum absolute atomic E-state index is 0.229. The SMILES string of the molecule is COc1cc(NCCC[C@@H](C)N)c2ncccc2c1OC. The number of nitrogens with zero attached hydrogens (tertiary/aromatic N) is 1. The molecule has 1 aromatic heterocycles. The Morgan fingerprint density at radius 3 is 2.81 bits per heavy atom. The van der Waals surface area contributed by atoms with Gasteiger partial charge in [-0.15, -0.1) is 0 Å². The normalized spacial score (nSPS) is 12.2. The fraction of sp³-hybridized carbons (Fsp3) is 0.438. The standard InChI is InChI=1S/C16H23N3O2/c1-11(17)6-4-8-18-13-10-14(20-2)16(21-3)12-7-5-9-19-15(12)13/h5,7,9-11,18H,4,6,8,17H2,1-3H3/t11-/m1/s1. The van der Waals surface area contributed by atoms with Gasteiger partial charge in [-0.2, -0.15) is 0 Å². The number of hydrogen-bond acceptors (Lipinski definition) is 5. The molecule has 114 valence electrons. The van der Waals surface area contributed by atoms with Crippen LogP contribution in [0.2, 0.25) is 0 Å². The Bertz CT molecular complexity index is 599. The molecule has 0 radical (unpaired) electrons. The van der Waals surface area contributed by atoms with Gasteiger partial charge in [0.05, 0.1) is 25.4 Å². The van der Waals surface area contributed by atoms with Crippen LogP contribution in [0.5, 0.6) is 11.5 Å². The molecule has 1 aromatic carbocycles. The van der Waals surface area contributed by atoms with E-state index < -0.39 is 0 Å². The van der Waals surface area contributed by atoms with E-state index in [0.717, 1.165) is 36.0 Å². The number of benzene rings is 1. The summed E-state index contributed by atoms with van der Waals surface area (Å²) >= 11 is 0.